The molecule has 0 bridgehead atoms. The highest BCUT2D eigenvalue weighted by Gasteiger charge is 2.33. The fourth-order valence-corrected chi connectivity index (χ4v) is 2.66. The Kier molecular flexibility index (Phi) is 3.61. The second kappa shape index (κ2) is 4.96. The molecule has 2 rings (SSSR count). The molecule has 3 nitrogen and oxygen atoms in total. The van der Waals surface area contributed by atoms with Crippen LogP contribution in [-0.2, 0) is 4.74 Å². The normalized spacial score (nSPS) is 34.9. The van der Waals surface area contributed by atoms with Crippen molar-refractivity contribution in [2.75, 3.05) is 13.1 Å². The first-order chi connectivity index (χ1) is 7.31. The van der Waals surface area contributed by atoms with Gasteiger partial charge in [0, 0.05) is 0 Å². The molecule has 0 N–H and O–H groups in total. The van der Waals surface area contributed by atoms with E-state index in [1.165, 1.54) is 19.3 Å². The molecular formula is C12H20N2O. The lowest BCUT2D eigenvalue weighted by molar-refractivity contribution is 0.00589. The predicted octanol–water partition coefficient (Wildman–Crippen LogP) is 1.93. The third kappa shape index (κ3) is 2.50. The number of rotatable bonds is 2. The van der Waals surface area contributed by atoms with Gasteiger partial charge in [-0.05, 0) is 45.7 Å². The van der Waals surface area contributed by atoms with Gasteiger partial charge in [-0.1, -0.05) is 6.42 Å². The summed E-state index contributed by atoms with van der Waals surface area (Å²) in [5.41, 5.74) is 0. The van der Waals surface area contributed by atoms with Crippen molar-refractivity contribution in [1.29, 1.82) is 5.26 Å². The zero-order valence-electron chi connectivity index (χ0n) is 9.48. The Bertz CT molecular complexity index is 238. The SMILES string of the molecule is CC1CCC(C(C#N)N2CCCCC2)O1. The van der Waals surface area contributed by atoms with Crippen LogP contribution in [0.1, 0.15) is 39.0 Å². The number of likely N-dealkylation sites (tertiary alicyclic amines) is 1. The molecule has 2 aliphatic heterocycles. The average Bonchev–Trinajstić information content (AvgIpc) is 2.68. The van der Waals surface area contributed by atoms with Crippen molar-refractivity contribution in [3.8, 4) is 6.07 Å². The molecule has 0 aromatic rings. The van der Waals surface area contributed by atoms with Crippen molar-refractivity contribution >= 4 is 0 Å². The molecule has 2 saturated heterocycles. The van der Waals surface area contributed by atoms with Gasteiger partial charge >= 0.3 is 0 Å². The summed E-state index contributed by atoms with van der Waals surface area (Å²) in [6.07, 6.45) is 6.45. The molecule has 2 heterocycles. The molecular weight excluding hydrogens is 188 g/mol. The summed E-state index contributed by atoms with van der Waals surface area (Å²) < 4.78 is 5.80. The Balaban J connectivity index is 1.94. The minimum absolute atomic E-state index is 0.00440. The van der Waals surface area contributed by atoms with Crippen LogP contribution in [0.2, 0.25) is 0 Å². The van der Waals surface area contributed by atoms with Gasteiger partial charge in [0.05, 0.1) is 18.3 Å². The van der Waals surface area contributed by atoms with E-state index in [-0.39, 0.29) is 12.1 Å². The molecule has 0 spiro atoms. The maximum Gasteiger partial charge on any atom is 0.124 e. The van der Waals surface area contributed by atoms with Crippen LogP contribution in [0.4, 0.5) is 0 Å². The maximum absolute atomic E-state index is 9.25. The van der Waals surface area contributed by atoms with Crippen molar-refractivity contribution in [3.63, 3.8) is 0 Å². The summed E-state index contributed by atoms with van der Waals surface area (Å²) in [6.45, 7) is 4.25. The molecule has 15 heavy (non-hydrogen) atoms. The summed E-state index contributed by atoms with van der Waals surface area (Å²) in [5, 5.41) is 9.25. The summed E-state index contributed by atoms with van der Waals surface area (Å²) in [4.78, 5) is 2.31. The van der Waals surface area contributed by atoms with E-state index >= 15 is 0 Å². The van der Waals surface area contributed by atoms with Crippen LogP contribution in [0.15, 0.2) is 0 Å². The number of piperidine rings is 1. The van der Waals surface area contributed by atoms with Crippen LogP contribution in [0.5, 0.6) is 0 Å². The largest absolute Gasteiger partial charge is 0.373 e. The molecule has 2 fully saturated rings. The van der Waals surface area contributed by atoms with E-state index in [9.17, 15) is 5.26 Å². The molecule has 0 saturated carbocycles. The maximum atomic E-state index is 9.25. The molecule has 0 aromatic heterocycles. The molecule has 0 aromatic carbocycles. The van der Waals surface area contributed by atoms with Crippen molar-refractivity contribution in [2.45, 2.75) is 57.3 Å². The molecule has 2 aliphatic rings. The zero-order chi connectivity index (χ0) is 10.7. The quantitative estimate of drug-likeness (QED) is 0.695. The highest BCUT2D eigenvalue weighted by atomic mass is 16.5. The summed E-state index contributed by atoms with van der Waals surface area (Å²) in [7, 11) is 0. The van der Waals surface area contributed by atoms with Gasteiger partial charge in [-0.3, -0.25) is 4.90 Å². The van der Waals surface area contributed by atoms with Crippen LogP contribution in [0, 0.1) is 11.3 Å². The fraction of sp³-hybridized carbons (Fsp3) is 0.917. The monoisotopic (exact) mass is 208 g/mol. The first kappa shape index (κ1) is 10.9. The standard InChI is InChI=1S/C12H20N2O/c1-10-5-6-12(15-10)11(9-13)14-7-3-2-4-8-14/h10-12H,2-8H2,1H3. The van der Waals surface area contributed by atoms with Crippen molar-refractivity contribution in [1.82, 2.24) is 4.90 Å². The summed E-state index contributed by atoms with van der Waals surface area (Å²) in [6, 6.07) is 2.43. The fourth-order valence-electron chi connectivity index (χ4n) is 2.66. The van der Waals surface area contributed by atoms with Gasteiger partial charge in [0.2, 0.25) is 0 Å². The average molecular weight is 208 g/mol. The van der Waals surface area contributed by atoms with Gasteiger partial charge in [0.1, 0.15) is 6.04 Å². The Morgan fingerprint density at radius 1 is 1.27 bits per heavy atom. The lowest BCUT2D eigenvalue weighted by Crippen LogP contribution is -2.45. The Hall–Kier alpha value is -0.590. The van der Waals surface area contributed by atoms with E-state index in [2.05, 4.69) is 17.9 Å². The van der Waals surface area contributed by atoms with E-state index in [0.717, 1.165) is 25.9 Å². The highest BCUT2D eigenvalue weighted by molar-refractivity contribution is 5.00. The first-order valence-corrected chi connectivity index (χ1v) is 6.10. The predicted molar refractivity (Wildman–Crippen MR) is 58.4 cm³/mol. The smallest absolute Gasteiger partial charge is 0.124 e. The molecule has 3 atom stereocenters. The van der Waals surface area contributed by atoms with Gasteiger partial charge in [-0.25, -0.2) is 0 Å². The number of hydrogen-bond acceptors (Lipinski definition) is 3. The van der Waals surface area contributed by atoms with E-state index in [0.29, 0.717) is 6.10 Å². The second-order valence-corrected chi connectivity index (χ2v) is 4.73. The van der Waals surface area contributed by atoms with Crippen LogP contribution < -0.4 is 0 Å². The van der Waals surface area contributed by atoms with Gasteiger partial charge in [0.15, 0.2) is 0 Å². The molecule has 0 aliphatic carbocycles. The Morgan fingerprint density at radius 3 is 2.53 bits per heavy atom. The van der Waals surface area contributed by atoms with E-state index in [4.69, 9.17) is 4.74 Å². The number of nitriles is 1. The van der Waals surface area contributed by atoms with Gasteiger partial charge in [-0.15, -0.1) is 0 Å². The second-order valence-electron chi connectivity index (χ2n) is 4.73. The zero-order valence-corrected chi connectivity index (χ0v) is 9.48. The topological polar surface area (TPSA) is 36.3 Å². The Morgan fingerprint density at radius 2 is 2.00 bits per heavy atom. The molecule has 0 radical (unpaired) electrons. The van der Waals surface area contributed by atoms with Gasteiger partial charge < -0.3 is 4.74 Å². The Labute approximate surface area is 92.0 Å². The number of hydrogen-bond donors (Lipinski definition) is 0. The summed E-state index contributed by atoms with van der Waals surface area (Å²) in [5.74, 6) is 0. The van der Waals surface area contributed by atoms with E-state index < -0.39 is 0 Å². The van der Waals surface area contributed by atoms with Crippen molar-refractivity contribution in [2.24, 2.45) is 0 Å². The lowest BCUT2D eigenvalue weighted by Gasteiger charge is -2.33. The van der Waals surface area contributed by atoms with Gasteiger partial charge in [-0.2, -0.15) is 5.26 Å². The van der Waals surface area contributed by atoms with Crippen LogP contribution in [0.3, 0.4) is 0 Å². The highest BCUT2D eigenvalue weighted by Crippen LogP contribution is 2.25. The lowest BCUT2D eigenvalue weighted by atomic mass is 10.0. The molecule has 0 amide bonds. The van der Waals surface area contributed by atoms with Gasteiger partial charge in [0.25, 0.3) is 0 Å². The van der Waals surface area contributed by atoms with E-state index in [1.54, 1.807) is 0 Å². The van der Waals surface area contributed by atoms with Crippen LogP contribution >= 0.6 is 0 Å². The van der Waals surface area contributed by atoms with Crippen LogP contribution in [0.25, 0.3) is 0 Å². The number of nitrogens with zero attached hydrogens (tertiary/aromatic N) is 2. The van der Waals surface area contributed by atoms with Crippen LogP contribution in [-0.4, -0.2) is 36.2 Å². The number of ether oxygens (including phenoxy) is 1. The molecule has 84 valence electrons. The minimum Gasteiger partial charge on any atom is -0.373 e. The minimum atomic E-state index is -0.00440. The van der Waals surface area contributed by atoms with E-state index in [1.807, 2.05) is 0 Å². The third-order valence-electron chi connectivity index (χ3n) is 3.53. The molecule has 3 heteroatoms. The van der Waals surface area contributed by atoms with Crippen molar-refractivity contribution < 1.29 is 4.74 Å². The van der Waals surface area contributed by atoms with Crippen molar-refractivity contribution in [3.05, 3.63) is 0 Å². The molecule has 3 unspecified atom stereocenters. The first-order valence-electron chi connectivity index (χ1n) is 6.10. The summed E-state index contributed by atoms with van der Waals surface area (Å²) >= 11 is 0. The third-order valence-corrected chi connectivity index (χ3v) is 3.53.